The summed E-state index contributed by atoms with van der Waals surface area (Å²) in [5.41, 5.74) is 4.90. The number of allylic oxidation sites excluding steroid dienone is 1. The van der Waals surface area contributed by atoms with Crippen molar-refractivity contribution in [3.63, 3.8) is 0 Å². The molecule has 4 nitrogen and oxygen atoms in total. The highest BCUT2D eigenvalue weighted by atomic mass is 32.1. The molecular formula is C29H28F3NO3S. The molecule has 1 fully saturated rings. The third kappa shape index (κ3) is 5.18. The van der Waals surface area contributed by atoms with E-state index in [0.29, 0.717) is 29.3 Å². The van der Waals surface area contributed by atoms with E-state index in [2.05, 4.69) is 11.8 Å². The van der Waals surface area contributed by atoms with Crippen LogP contribution in [0.25, 0.3) is 16.7 Å². The first-order chi connectivity index (χ1) is 17.5. The number of halogens is 3. The van der Waals surface area contributed by atoms with Gasteiger partial charge in [-0.2, -0.15) is 13.2 Å². The van der Waals surface area contributed by atoms with Crippen molar-refractivity contribution in [2.45, 2.75) is 39.5 Å². The van der Waals surface area contributed by atoms with Crippen LogP contribution >= 0.6 is 11.3 Å². The third-order valence-electron chi connectivity index (χ3n) is 7.29. The van der Waals surface area contributed by atoms with Gasteiger partial charge in [-0.3, -0.25) is 9.69 Å². The van der Waals surface area contributed by atoms with Crippen molar-refractivity contribution in [2.75, 3.05) is 19.6 Å². The Balaban J connectivity index is 1.28. The number of thiophene rings is 1. The van der Waals surface area contributed by atoms with Gasteiger partial charge in [0.2, 0.25) is 0 Å². The fourth-order valence-corrected chi connectivity index (χ4v) is 6.22. The number of aliphatic carboxylic acids is 1. The Morgan fingerprint density at radius 3 is 2.49 bits per heavy atom. The number of alkyl halides is 3. The smallest absolute Gasteiger partial charge is 0.426 e. The molecule has 1 N–H and O–H groups in total. The highest BCUT2D eigenvalue weighted by Crippen LogP contribution is 2.43. The lowest BCUT2D eigenvalue weighted by atomic mass is 9.80. The number of hydrogen-bond acceptors (Lipinski definition) is 4. The number of aryl methyl sites for hydroxylation is 1. The summed E-state index contributed by atoms with van der Waals surface area (Å²) in [6.07, 6.45) is -2.69. The third-order valence-corrected chi connectivity index (χ3v) is 8.44. The predicted molar refractivity (Wildman–Crippen MR) is 139 cm³/mol. The molecule has 1 aliphatic carbocycles. The zero-order valence-corrected chi connectivity index (χ0v) is 21.5. The Morgan fingerprint density at radius 1 is 1.08 bits per heavy atom. The van der Waals surface area contributed by atoms with Gasteiger partial charge in [0.25, 0.3) is 0 Å². The van der Waals surface area contributed by atoms with Crippen LogP contribution in [0.1, 0.15) is 41.1 Å². The summed E-state index contributed by atoms with van der Waals surface area (Å²) >= 11 is 0.726. The summed E-state index contributed by atoms with van der Waals surface area (Å²) in [4.78, 5) is 13.5. The first-order valence-corrected chi connectivity index (χ1v) is 13.0. The number of carboxylic acids is 1. The molecular weight excluding hydrogens is 499 g/mol. The topological polar surface area (TPSA) is 49.8 Å². The molecule has 0 saturated carbocycles. The first-order valence-electron chi connectivity index (χ1n) is 12.2. The van der Waals surface area contributed by atoms with E-state index in [0.717, 1.165) is 41.9 Å². The van der Waals surface area contributed by atoms with E-state index in [1.54, 1.807) is 43.3 Å². The van der Waals surface area contributed by atoms with Gasteiger partial charge in [-0.15, -0.1) is 11.3 Å². The minimum Gasteiger partial charge on any atom is -0.488 e. The van der Waals surface area contributed by atoms with E-state index >= 15 is 0 Å². The van der Waals surface area contributed by atoms with Crippen LogP contribution in [0.5, 0.6) is 5.75 Å². The maximum absolute atomic E-state index is 13.7. The Bertz CT molecular complexity index is 1350. The Labute approximate surface area is 218 Å². The van der Waals surface area contributed by atoms with Crippen molar-refractivity contribution >= 4 is 22.9 Å². The molecule has 0 spiro atoms. The number of ether oxygens (including phenoxy) is 1. The van der Waals surface area contributed by atoms with Crippen LogP contribution in [0.4, 0.5) is 13.2 Å². The summed E-state index contributed by atoms with van der Waals surface area (Å²) in [6, 6.07) is 16.1. The van der Waals surface area contributed by atoms with E-state index < -0.39 is 22.4 Å². The molecule has 5 rings (SSSR count). The van der Waals surface area contributed by atoms with Crippen LogP contribution in [-0.2, 0) is 24.0 Å². The molecule has 2 heterocycles. The van der Waals surface area contributed by atoms with Crippen molar-refractivity contribution in [1.29, 1.82) is 0 Å². The van der Waals surface area contributed by atoms with Gasteiger partial charge in [0.1, 0.15) is 17.2 Å². The zero-order valence-electron chi connectivity index (χ0n) is 20.7. The Kier molecular flexibility index (Phi) is 6.66. The minimum atomic E-state index is -4.43. The average Bonchev–Trinajstić information content (AvgIpc) is 3.29. The monoisotopic (exact) mass is 527 g/mol. The van der Waals surface area contributed by atoms with Crippen molar-refractivity contribution in [2.24, 2.45) is 5.41 Å². The van der Waals surface area contributed by atoms with Gasteiger partial charge in [0.05, 0.1) is 5.41 Å². The average molecular weight is 528 g/mol. The molecule has 0 atom stereocenters. The van der Waals surface area contributed by atoms with Crippen LogP contribution in [0.15, 0.2) is 60.2 Å². The number of carboxylic acid groups (broad SMARTS) is 1. The maximum atomic E-state index is 13.7. The molecule has 0 amide bonds. The number of hydrogen-bond donors (Lipinski definition) is 1. The summed E-state index contributed by atoms with van der Waals surface area (Å²) < 4.78 is 47.0. The largest absolute Gasteiger partial charge is 0.488 e. The van der Waals surface area contributed by atoms with E-state index in [1.165, 1.54) is 11.1 Å². The molecule has 3 aromatic rings. The van der Waals surface area contributed by atoms with E-state index in [4.69, 9.17) is 4.74 Å². The molecule has 0 bridgehead atoms. The molecule has 194 valence electrons. The molecule has 37 heavy (non-hydrogen) atoms. The van der Waals surface area contributed by atoms with Crippen LogP contribution < -0.4 is 4.74 Å². The molecule has 2 aliphatic rings. The summed E-state index contributed by atoms with van der Waals surface area (Å²) in [5, 5.41) is 9.34. The second kappa shape index (κ2) is 9.65. The normalized spacial score (nSPS) is 17.3. The van der Waals surface area contributed by atoms with Crippen LogP contribution in [0, 0.1) is 5.41 Å². The Morgan fingerprint density at radius 2 is 1.81 bits per heavy atom. The fourth-order valence-electron chi connectivity index (χ4n) is 5.26. The van der Waals surface area contributed by atoms with Crippen molar-refractivity contribution in [1.82, 2.24) is 4.90 Å². The van der Waals surface area contributed by atoms with Crippen molar-refractivity contribution in [3.05, 3.63) is 81.1 Å². The minimum absolute atomic E-state index is 0.0662. The molecule has 2 aromatic carbocycles. The summed E-state index contributed by atoms with van der Waals surface area (Å²) in [6.45, 7) is 5.84. The zero-order chi connectivity index (χ0) is 26.4. The first kappa shape index (κ1) is 25.5. The van der Waals surface area contributed by atoms with E-state index in [-0.39, 0.29) is 12.2 Å². The van der Waals surface area contributed by atoms with Crippen molar-refractivity contribution in [3.8, 4) is 16.9 Å². The molecule has 0 radical (unpaired) electrons. The van der Waals surface area contributed by atoms with Gasteiger partial charge < -0.3 is 9.84 Å². The second-order valence-corrected chi connectivity index (χ2v) is 11.3. The second-order valence-electron chi connectivity index (χ2n) is 10.2. The molecule has 1 aliphatic heterocycles. The van der Waals surface area contributed by atoms with Gasteiger partial charge >= 0.3 is 12.1 Å². The highest BCUT2D eigenvalue weighted by Gasteiger charge is 2.45. The van der Waals surface area contributed by atoms with Gasteiger partial charge in [-0.05, 0) is 67.2 Å². The van der Waals surface area contributed by atoms with E-state index in [9.17, 15) is 23.1 Å². The van der Waals surface area contributed by atoms with Crippen LogP contribution in [0.3, 0.4) is 0 Å². The standard InChI is InChI=1S/C29H28F3NO3S/c1-18-21(14-33-16-28(2,17-33)27(34)35)9-8-20-12-22(10-11-24(18)20)36-15-23-13-25(19-6-4-3-5-7-19)26(37-23)29(30,31)32/h3-7,10-13H,8-9,14-17H2,1-2H3,(H,34,35). The SMILES string of the molecule is CC1=C(CN2CC(C)(C(=O)O)C2)CCc2cc(OCc3cc(-c4ccccc4)c(C(F)(F)F)s3)ccc21. The molecule has 0 unspecified atom stereocenters. The molecule has 8 heteroatoms. The number of nitrogens with zero attached hydrogens (tertiary/aromatic N) is 1. The van der Waals surface area contributed by atoms with Crippen molar-refractivity contribution < 1.29 is 27.8 Å². The number of carbonyl (C=O) groups is 1. The molecule has 1 aromatic heterocycles. The number of rotatable bonds is 7. The lowest BCUT2D eigenvalue weighted by Gasteiger charge is -2.45. The summed E-state index contributed by atoms with van der Waals surface area (Å²) in [7, 11) is 0. The summed E-state index contributed by atoms with van der Waals surface area (Å²) in [5.74, 6) is -0.109. The number of benzene rings is 2. The van der Waals surface area contributed by atoms with Gasteiger partial charge in [0, 0.05) is 30.1 Å². The highest BCUT2D eigenvalue weighted by molar-refractivity contribution is 7.12. The van der Waals surface area contributed by atoms with Crippen LogP contribution in [-0.4, -0.2) is 35.6 Å². The van der Waals surface area contributed by atoms with E-state index in [1.807, 2.05) is 18.2 Å². The predicted octanol–water partition coefficient (Wildman–Crippen LogP) is 7.14. The van der Waals surface area contributed by atoms with Gasteiger partial charge in [0.15, 0.2) is 0 Å². The Hall–Kier alpha value is -3.10. The number of likely N-dealkylation sites (tertiary alicyclic amines) is 1. The lowest BCUT2D eigenvalue weighted by Crippen LogP contribution is -2.59. The maximum Gasteiger partial charge on any atom is 0.426 e. The van der Waals surface area contributed by atoms with Crippen LogP contribution in [0.2, 0.25) is 0 Å². The molecule has 1 saturated heterocycles. The quantitative estimate of drug-likeness (QED) is 0.355. The fraction of sp³-hybridized carbons (Fsp3) is 0.345. The number of fused-ring (bicyclic) bond motifs is 1. The lowest BCUT2D eigenvalue weighted by molar-refractivity contribution is -0.158. The van der Waals surface area contributed by atoms with Gasteiger partial charge in [-0.1, -0.05) is 42.0 Å². The van der Waals surface area contributed by atoms with Gasteiger partial charge in [-0.25, -0.2) is 0 Å².